The lowest BCUT2D eigenvalue weighted by atomic mass is 9.70. The molecule has 1 saturated heterocycles. The van der Waals surface area contributed by atoms with Gasteiger partial charge in [0.25, 0.3) is 0 Å². The molecule has 34 heavy (non-hydrogen) atoms. The number of tetrazole rings is 1. The third-order valence-electron chi connectivity index (χ3n) is 8.10. The van der Waals surface area contributed by atoms with E-state index in [-0.39, 0.29) is 5.92 Å². The first kappa shape index (κ1) is 21.6. The fraction of sp³-hybridized carbons (Fsp3) is 0.500. The van der Waals surface area contributed by atoms with Crippen LogP contribution in [0.3, 0.4) is 0 Å². The highest BCUT2D eigenvalue weighted by molar-refractivity contribution is 5.96. The van der Waals surface area contributed by atoms with Crippen molar-refractivity contribution >= 4 is 10.9 Å². The molecule has 1 aromatic carbocycles. The van der Waals surface area contributed by atoms with E-state index < -0.39 is 6.23 Å². The predicted molar refractivity (Wildman–Crippen MR) is 129 cm³/mol. The van der Waals surface area contributed by atoms with Crippen LogP contribution in [0.4, 0.5) is 0 Å². The Morgan fingerprint density at radius 1 is 1.18 bits per heavy atom. The van der Waals surface area contributed by atoms with E-state index in [0.29, 0.717) is 24.3 Å². The van der Waals surface area contributed by atoms with Crippen molar-refractivity contribution in [1.29, 1.82) is 0 Å². The zero-order chi connectivity index (χ0) is 23.1. The molecule has 0 bridgehead atoms. The molecule has 4 aromatic rings. The molecule has 0 spiro atoms. The molecule has 4 heterocycles. The predicted octanol–water partition coefficient (Wildman–Crippen LogP) is 4.80. The average Bonchev–Trinajstić information content (AvgIpc) is 3.64. The van der Waals surface area contributed by atoms with E-state index in [1.54, 1.807) is 6.26 Å². The summed E-state index contributed by atoms with van der Waals surface area (Å²) in [7, 11) is 0. The van der Waals surface area contributed by atoms with Crippen molar-refractivity contribution in [3.05, 3.63) is 54.2 Å². The first-order valence-corrected chi connectivity index (χ1v) is 12.5. The minimum Gasteiger partial charge on any atom is -0.464 e. The molecule has 1 aliphatic carbocycles. The topological polar surface area (TPSA) is 107 Å². The van der Waals surface area contributed by atoms with Gasteiger partial charge in [-0.2, -0.15) is 5.21 Å². The van der Waals surface area contributed by atoms with E-state index in [2.05, 4.69) is 61.8 Å². The number of aromatic nitrogens is 5. The van der Waals surface area contributed by atoms with Crippen LogP contribution in [0.1, 0.15) is 68.7 Å². The van der Waals surface area contributed by atoms with E-state index in [9.17, 15) is 5.11 Å². The number of nitrogens with zero attached hydrogens (tertiary/aromatic N) is 4. The number of fused-ring (bicyclic) bond motifs is 2. The lowest BCUT2D eigenvalue weighted by Crippen LogP contribution is -2.53. The molecule has 5 atom stereocenters. The minimum absolute atomic E-state index is 0.192. The SMILES string of the molecule is CC(CC(O)N1CCCC2C(c3nn[nH]n3)CCCC21)c1c[nH]c2cccc(-c3ccco3)c12. The summed E-state index contributed by atoms with van der Waals surface area (Å²) in [4.78, 5) is 5.79. The third-order valence-corrected chi connectivity index (χ3v) is 8.10. The Balaban J connectivity index is 1.23. The van der Waals surface area contributed by atoms with Crippen LogP contribution in [0, 0.1) is 5.92 Å². The molecule has 0 amide bonds. The summed E-state index contributed by atoms with van der Waals surface area (Å²) in [5.74, 6) is 2.70. The summed E-state index contributed by atoms with van der Waals surface area (Å²) < 4.78 is 5.72. The van der Waals surface area contributed by atoms with Crippen LogP contribution in [-0.2, 0) is 0 Å². The zero-order valence-electron chi connectivity index (χ0n) is 19.5. The quantitative estimate of drug-likeness (QED) is 0.381. The molecule has 0 radical (unpaired) electrons. The van der Waals surface area contributed by atoms with Gasteiger partial charge in [-0.05, 0) is 67.7 Å². The van der Waals surface area contributed by atoms with Gasteiger partial charge >= 0.3 is 0 Å². The van der Waals surface area contributed by atoms with Crippen molar-refractivity contribution in [1.82, 2.24) is 30.5 Å². The largest absolute Gasteiger partial charge is 0.464 e. The minimum atomic E-state index is -0.479. The number of rotatable bonds is 6. The number of aliphatic hydroxyl groups excluding tert-OH is 1. The number of aliphatic hydroxyl groups is 1. The van der Waals surface area contributed by atoms with Gasteiger partial charge in [0.05, 0.1) is 6.26 Å². The first-order chi connectivity index (χ1) is 16.7. The fourth-order valence-electron chi connectivity index (χ4n) is 6.56. The molecule has 1 saturated carbocycles. The molecule has 2 aliphatic rings. The molecule has 5 unspecified atom stereocenters. The maximum atomic E-state index is 11.5. The molecular weight excluding hydrogens is 428 g/mol. The number of piperidine rings is 1. The number of H-pyrrole nitrogens is 2. The summed E-state index contributed by atoms with van der Waals surface area (Å²) >= 11 is 0. The second-order valence-corrected chi connectivity index (χ2v) is 9.99. The Kier molecular flexibility index (Phi) is 5.71. The van der Waals surface area contributed by atoms with Crippen molar-refractivity contribution in [2.45, 2.75) is 69.6 Å². The maximum absolute atomic E-state index is 11.5. The second kappa shape index (κ2) is 9.00. The lowest BCUT2D eigenvalue weighted by Gasteiger charge is -2.48. The van der Waals surface area contributed by atoms with E-state index in [0.717, 1.165) is 61.3 Å². The highest BCUT2D eigenvalue weighted by Crippen LogP contribution is 2.45. The van der Waals surface area contributed by atoms with E-state index in [1.807, 2.05) is 12.1 Å². The van der Waals surface area contributed by atoms with E-state index >= 15 is 0 Å². The first-order valence-electron chi connectivity index (χ1n) is 12.5. The van der Waals surface area contributed by atoms with Crippen LogP contribution in [0.2, 0.25) is 0 Å². The van der Waals surface area contributed by atoms with Crippen LogP contribution in [0.25, 0.3) is 22.2 Å². The number of benzene rings is 1. The molecule has 178 valence electrons. The number of aromatic amines is 2. The number of nitrogens with one attached hydrogen (secondary N) is 2. The lowest BCUT2D eigenvalue weighted by molar-refractivity contribution is -0.0810. The summed E-state index contributed by atoms with van der Waals surface area (Å²) in [5, 5.41) is 27.7. The number of furan rings is 1. The van der Waals surface area contributed by atoms with Crippen molar-refractivity contribution in [3.8, 4) is 11.3 Å². The second-order valence-electron chi connectivity index (χ2n) is 9.99. The fourth-order valence-corrected chi connectivity index (χ4v) is 6.56. The van der Waals surface area contributed by atoms with Crippen molar-refractivity contribution < 1.29 is 9.52 Å². The molecule has 3 aromatic heterocycles. The van der Waals surface area contributed by atoms with Crippen molar-refractivity contribution in [3.63, 3.8) is 0 Å². The Bertz CT molecular complexity index is 1220. The zero-order valence-corrected chi connectivity index (χ0v) is 19.5. The Morgan fingerprint density at radius 3 is 2.94 bits per heavy atom. The molecular formula is C26H32N6O2. The molecule has 2 fully saturated rings. The van der Waals surface area contributed by atoms with Gasteiger partial charge in [0.2, 0.25) is 0 Å². The summed E-state index contributed by atoms with van der Waals surface area (Å²) in [6.45, 7) is 3.16. The highest BCUT2D eigenvalue weighted by Gasteiger charge is 2.43. The van der Waals surface area contributed by atoms with Crippen molar-refractivity contribution in [2.24, 2.45) is 5.92 Å². The maximum Gasteiger partial charge on any atom is 0.177 e. The number of hydrogen-bond acceptors (Lipinski definition) is 6. The molecule has 3 N–H and O–H groups in total. The third kappa shape index (κ3) is 3.75. The van der Waals surface area contributed by atoms with Crippen LogP contribution in [0.5, 0.6) is 0 Å². The van der Waals surface area contributed by atoms with Gasteiger partial charge in [-0.3, -0.25) is 4.90 Å². The van der Waals surface area contributed by atoms with Gasteiger partial charge in [-0.15, -0.1) is 10.2 Å². The van der Waals surface area contributed by atoms with Gasteiger partial charge in [0.15, 0.2) is 5.82 Å². The van der Waals surface area contributed by atoms with Gasteiger partial charge in [-0.1, -0.05) is 30.7 Å². The van der Waals surface area contributed by atoms with Crippen LogP contribution >= 0.6 is 0 Å². The number of likely N-dealkylation sites (tertiary alicyclic amines) is 1. The van der Waals surface area contributed by atoms with Gasteiger partial charge in [0.1, 0.15) is 12.0 Å². The van der Waals surface area contributed by atoms with Crippen LogP contribution < -0.4 is 0 Å². The van der Waals surface area contributed by atoms with Crippen LogP contribution in [0.15, 0.2) is 47.2 Å². The highest BCUT2D eigenvalue weighted by atomic mass is 16.3. The summed E-state index contributed by atoms with van der Waals surface area (Å²) in [6.07, 6.45) is 9.64. The molecule has 8 heteroatoms. The molecule has 6 rings (SSSR count). The normalized spacial score (nSPS) is 25.3. The van der Waals surface area contributed by atoms with E-state index in [1.165, 1.54) is 10.9 Å². The average molecular weight is 461 g/mol. The van der Waals surface area contributed by atoms with Crippen molar-refractivity contribution in [2.75, 3.05) is 6.54 Å². The van der Waals surface area contributed by atoms with Gasteiger partial charge in [-0.25, -0.2) is 0 Å². The molecule has 8 nitrogen and oxygen atoms in total. The monoisotopic (exact) mass is 460 g/mol. The van der Waals surface area contributed by atoms with Gasteiger partial charge < -0.3 is 14.5 Å². The standard InChI is InChI=1S/C26H32N6O2/c1-16(20-15-27-21-9-2-7-19(25(20)21)23-11-5-13-34-23)14-24(33)32-12-4-8-17-18(6-3-10-22(17)32)26-28-30-31-29-26/h2,5,7,9,11,13,15-18,22,24,27,33H,3-4,6,8,10,12,14H2,1H3,(H,28,29,30,31). The summed E-state index contributed by atoms with van der Waals surface area (Å²) in [6, 6.07) is 10.6. The number of hydrogen-bond donors (Lipinski definition) is 3. The summed E-state index contributed by atoms with van der Waals surface area (Å²) in [5.41, 5.74) is 3.41. The van der Waals surface area contributed by atoms with Crippen LogP contribution in [-0.4, -0.2) is 54.4 Å². The smallest absolute Gasteiger partial charge is 0.177 e. The Labute approximate surface area is 198 Å². The Morgan fingerprint density at radius 2 is 2.12 bits per heavy atom. The van der Waals surface area contributed by atoms with E-state index in [4.69, 9.17) is 4.42 Å². The Hall–Kier alpha value is -2.97. The molecule has 1 aliphatic heterocycles. The van der Waals surface area contributed by atoms with Gasteiger partial charge in [0, 0.05) is 41.2 Å².